The number of nitrogens with one attached hydrogen (secondary N) is 3. The van der Waals surface area contributed by atoms with Gasteiger partial charge in [0.1, 0.15) is 6.04 Å². The normalized spacial score (nSPS) is 27.9. The number of amides is 4. The van der Waals surface area contributed by atoms with E-state index in [-0.39, 0.29) is 18.7 Å². The van der Waals surface area contributed by atoms with E-state index in [2.05, 4.69) is 16.0 Å². The lowest BCUT2D eigenvalue weighted by Crippen LogP contribution is -2.56. The Morgan fingerprint density at radius 1 is 1.14 bits per heavy atom. The number of carbonyl (C=O) groups is 4. The minimum Gasteiger partial charge on any atom is -0.314 e. The predicted octanol–water partition coefficient (Wildman–Crippen LogP) is 0.0249. The number of hydrogen-bond donors (Lipinski definition) is 3. The van der Waals surface area contributed by atoms with Gasteiger partial charge in [-0.05, 0) is 30.5 Å². The van der Waals surface area contributed by atoms with Crippen LogP contribution < -0.4 is 16.0 Å². The third-order valence-electron chi connectivity index (χ3n) is 6.20. The molecule has 0 radical (unpaired) electrons. The minimum atomic E-state index is -0.926. The molecule has 1 spiro atoms. The molecule has 8 nitrogen and oxygen atoms in total. The summed E-state index contributed by atoms with van der Waals surface area (Å²) in [7, 11) is 0. The molecule has 4 heterocycles. The van der Waals surface area contributed by atoms with Crippen LogP contribution in [0.4, 0.5) is 0 Å². The SMILES string of the molecule is O=C1CCC(N2C(=O)c3ccc(CNC4CSC5(CNC5)C4)cc3C2=O)C(=O)N1. The molecule has 1 aromatic carbocycles. The first-order valence-corrected chi connectivity index (χ1v) is 10.9. The molecule has 9 heteroatoms. The van der Waals surface area contributed by atoms with Crippen molar-refractivity contribution in [1.82, 2.24) is 20.9 Å². The Hall–Kier alpha value is -2.23. The second-order valence-electron chi connectivity index (χ2n) is 8.21. The topological polar surface area (TPSA) is 108 Å². The van der Waals surface area contributed by atoms with Crippen molar-refractivity contribution in [2.45, 2.75) is 42.6 Å². The number of piperidine rings is 1. The van der Waals surface area contributed by atoms with E-state index < -0.39 is 23.8 Å². The van der Waals surface area contributed by atoms with E-state index in [9.17, 15) is 19.2 Å². The fraction of sp³-hybridized carbons (Fsp3) is 0.500. The Labute approximate surface area is 172 Å². The Morgan fingerprint density at radius 3 is 2.62 bits per heavy atom. The first kappa shape index (κ1) is 18.8. The van der Waals surface area contributed by atoms with E-state index in [0.29, 0.717) is 28.5 Å². The van der Waals surface area contributed by atoms with Gasteiger partial charge in [0.15, 0.2) is 0 Å². The second-order valence-corrected chi connectivity index (χ2v) is 9.69. The summed E-state index contributed by atoms with van der Waals surface area (Å²) in [6.45, 7) is 2.77. The van der Waals surface area contributed by atoms with Gasteiger partial charge in [0.05, 0.1) is 11.1 Å². The van der Waals surface area contributed by atoms with Gasteiger partial charge in [0.2, 0.25) is 11.8 Å². The maximum absolute atomic E-state index is 12.9. The molecule has 4 aliphatic rings. The molecule has 2 atom stereocenters. The van der Waals surface area contributed by atoms with E-state index in [4.69, 9.17) is 0 Å². The highest BCUT2D eigenvalue weighted by Crippen LogP contribution is 2.41. The molecule has 4 aliphatic heterocycles. The summed E-state index contributed by atoms with van der Waals surface area (Å²) in [4.78, 5) is 50.1. The summed E-state index contributed by atoms with van der Waals surface area (Å²) in [5, 5.41) is 9.12. The molecule has 0 aromatic heterocycles. The van der Waals surface area contributed by atoms with Crippen molar-refractivity contribution in [1.29, 1.82) is 0 Å². The van der Waals surface area contributed by atoms with Crippen molar-refractivity contribution in [2.24, 2.45) is 0 Å². The van der Waals surface area contributed by atoms with Gasteiger partial charge >= 0.3 is 0 Å². The number of fused-ring (bicyclic) bond motifs is 1. The Morgan fingerprint density at radius 2 is 1.93 bits per heavy atom. The number of carbonyl (C=O) groups excluding carboxylic acids is 4. The van der Waals surface area contributed by atoms with Crippen LogP contribution in [0.1, 0.15) is 45.5 Å². The standard InChI is InChI=1S/C20H22N4O4S/c25-16-4-3-15(17(26)23-16)24-18(27)13-2-1-11(5-14(13)19(24)28)7-22-12-6-20(29-8-12)9-21-10-20/h1-2,5,12,15,21-22H,3-4,6-10H2,(H,23,25,26). The zero-order chi connectivity index (χ0) is 20.2. The third kappa shape index (κ3) is 3.17. The number of imide groups is 2. The van der Waals surface area contributed by atoms with Gasteiger partial charge in [-0.3, -0.25) is 29.4 Å². The van der Waals surface area contributed by atoms with Crippen LogP contribution >= 0.6 is 11.8 Å². The molecule has 3 saturated heterocycles. The van der Waals surface area contributed by atoms with Crippen molar-refractivity contribution in [3.05, 3.63) is 34.9 Å². The maximum atomic E-state index is 12.9. The van der Waals surface area contributed by atoms with E-state index in [1.54, 1.807) is 12.1 Å². The van der Waals surface area contributed by atoms with Crippen LogP contribution in [0.25, 0.3) is 0 Å². The van der Waals surface area contributed by atoms with Crippen LogP contribution in [-0.4, -0.2) is 64.2 Å². The molecule has 3 N–H and O–H groups in total. The fourth-order valence-corrected chi connectivity index (χ4v) is 6.03. The van der Waals surface area contributed by atoms with Gasteiger partial charge in [-0.2, -0.15) is 11.8 Å². The zero-order valence-electron chi connectivity index (χ0n) is 15.8. The predicted molar refractivity (Wildman–Crippen MR) is 106 cm³/mol. The Kier molecular flexibility index (Phi) is 4.49. The van der Waals surface area contributed by atoms with Gasteiger partial charge in [-0.15, -0.1) is 0 Å². The van der Waals surface area contributed by atoms with Gasteiger partial charge in [0.25, 0.3) is 11.8 Å². The molecule has 0 saturated carbocycles. The molecule has 0 aliphatic carbocycles. The lowest BCUT2D eigenvalue weighted by atomic mass is 9.94. The molecule has 152 valence electrons. The van der Waals surface area contributed by atoms with Crippen molar-refractivity contribution >= 4 is 35.4 Å². The van der Waals surface area contributed by atoms with Crippen LogP contribution in [0.3, 0.4) is 0 Å². The number of hydrogen-bond acceptors (Lipinski definition) is 7. The van der Waals surface area contributed by atoms with Crippen LogP contribution in [0.15, 0.2) is 18.2 Å². The molecule has 3 fully saturated rings. The highest BCUT2D eigenvalue weighted by atomic mass is 32.2. The summed E-state index contributed by atoms with van der Waals surface area (Å²) < 4.78 is 0.389. The molecule has 0 bridgehead atoms. The third-order valence-corrected chi connectivity index (χ3v) is 7.84. The molecular weight excluding hydrogens is 392 g/mol. The molecular formula is C20H22N4O4S. The Bertz CT molecular complexity index is 929. The van der Waals surface area contributed by atoms with Gasteiger partial charge in [-0.25, -0.2) is 0 Å². The minimum absolute atomic E-state index is 0.120. The van der Waals surface area contributed by atoms with E-state index in [1.807, 2.05) is 17.8 Å². The van der Waals surface area contributed by atoms with Gasteiger partial charge in [-0.1, -0.05) is 6.07 Å². The summed E-state index contributed by atoms with van der Waals surface area (Å²) in [5.41, 5.74) is 1.59. The largest absolute Gasteiger partial charge is 0.314 e. The smallest absolute Gasteiger partial charge is 0.262 e. The van der Waals surface area contributed by atoms with Crippen molar-refractivity contribution in [3.63, 3.8) is 0 Å². The van der Waals surface area contributed by atoms with E-state index in [1.165, 1.54) is 0 Å². The Balaban J connectivity index is 1.28. The number of thioether (sulfide) groups is 1. The average molecular weight is 414 g/mol. The van der Waals surface area contributed by atoms with Crippen LogP contribution in [0, 0.1) is 0 Å². The maximum Gasteiger partial charge on any atom is 0.262 e. The summed E-state index contributed by atoms with van der Waals surface area (Å²) in [5.74, 6) is -0.813. The number of benzene rings is 1. The number of nitrogens with zero attached hydrogens (tertiary/aromatic N) is 1. The van der Waals surface area contributed by atoms with Crippen LogP contribution in [-0.2, 0) is 16.1 Å². The van der Waals surface area contributed by atoms with Gasteiger partial charge in [0, 0.05) is 42.6 Å². The van der Waals surface area contributed by atoms with E-state index in [0.717, 1.165) is 35.7 Å². The monoisotopic (exact) mass is 414 g/mol. The van der Waals surface area contributed by atoms with Crippen LogP contribution in [0.5, 0.6) is 0 Å². The van der Waals surface area contributed by atoms with Crippen molar-refractivity contribution in [3.8, 4) is 0 Å². The average Bonchev–Trinajstić information content (AvgIpc) is 3.22. The van der Waals surface area contributed by atoms with E-state index >= 15 is 0 Å². The van der Waals surface area contributed by atoms with Crippen molar-refractivity contribution < 1.29 is 19.2 Å². The summed E-state index contributed by atoms with van der Waals surface area (Å²) in [6, 6.07) is 4.78. The lowest BCUT2D eigenvalue weighted by Gasteiger charge is -2.38. The van der Waals surface area contributed by atoms with Gasteiger partial charge < -0.3 is 10.6 Å². The quantitative estimate of drug-likeness (QED) is 0.597. The molecule has 29 heavy (non-hydrogen) atoms. The molecule has 2 unspecified atom stereocenters. The molecule has 4 amide bonds. The van der Waals surface area contributed by atoms with Crippen molar-refractivity contribution in [2.75, 3.05) is 18.8 Å². The lowest BCUT2D eigenvalue weighted by molar-refractivity contribution is -0.136. The second kappa shape index (κ2) is 6.93. The first-order chi connectivity index (χ1) is 14.0. The molecule has 5 rings (SSSR count). The highest BCUT2D eigenvalue weighted by molar-refractivity contribution is 8.01. The van der Waals surface area contributed by atoms with Crippen LogP contribution in [0.2, 0.25) is 0 Å². The number of rotatable bonds is 4. The first-order valence-electron chi connectivity index (χ1n) is 9.88. The summed E-state index contributed by atoms with van der Waals surface area (Å²) in [6.07, 6.45) is 1.42. The fourth-order valence-electron chi connectivity index (χ4n) is 4.52. The summed E-state index contributed by atoms with van der Waals surface area (Å²) >= 11 is 2.02. The molecule has 1 aromatic rings. The highest BCUT2D eigenvalue weighted by Gasteiger charge is 2.45. The zero-order valence-corrected chi connectivity index (χ0v) is 16.6.